The third-order valence-electron chi connectivity index (χ3n) is 7.62. The largest absolute Gasteiger partial charge is 0.490 e. The minimum Gasteiger partial charge on any atom is -0.490 e. The van der Waals surface area contributed by atoms with Crippen LogP contribution in [0.3, 0.4) is 0 Å². The first kappa shape index (κ1) is 24.6. The fraction of sp³-hybridized carbons (Fsp3) is 0.517. The summed E-state index contributed by atoms with van der Waals surface area (Å²) in [5.74, 6) is 0.877. The predicted octanol–water partition coefficient (Wildman–Crippen LogP) is 3.92. The lowest BCUT2D eigenvalue weighted by atomic mass is 9.75. The van der Waals surface area contributed by atoms with E-state index in [1.54, 1.807) is 0 Å². The number of amides is 2. The molecule has 0 spiro atoms. The van der Waals surface area contributed by atoms with Gasteiger partial charge in [0.1, 0.15) is 0 Å². The Morgan fingerprint density at radius 1 is 1.00 bits per heavy atom. The van der Waals surface area contributed by atoms with Crippen molar-refractivity contribution >= 4 is 11.8 Å². The smallest absolute Gasteiger partial charge is 0.254 e. The van der Waals surface area contributed by atoms with Gasteiger partial charge in [0, 0.05) is 18.7 Å². The number of nitrogens with zero attached hydrogens (tertiary/aromatic N) is 2. The number of carbonyl (C=O) groups is 2. The van der Waals surface area contributed by atoms with Crippen molar-refractivity contribution in [1.29, 1.82) is 0 Å². The second-order valence-electron chi connectivity index (χ2n) is 9.82. The molecule has 3 aliphatic heterocycles. The van der Waals surface area contributed by atoms with Gasteiger partial charge in [-0.05, 0) is 94.1 Å². The van der Waals surface area contributed by atoms with E-state index in [1.165, 1.54) is 12.8 Å². The van der Waals surface area contributed by atoms with Crippen molar-refractivity contribution in [2.45, 2.75) is 51.5 Å². The van der Waals surface area contributed by atoms with Crippen LogP contribution < -0.4 is 14.8 Å². The zero-order chi connectivity index (χ0) is 25.1. The first-order valence-corrected chi connectivity index (χ1v) is 13.4. The van der Waals surface area contributed by atoms with Crippen LogP contribution in [-0.2, 0) is 11.2 Å². The van der Waals surface area contributed by atoms with Gasteiger partial charge in [-0.25, -0.2) is 0 Å². The Morgan fingerprint density at radius 2 is 1.72 bits per heavy atom. The summed E-state index contributed by atoms with van der Waals surface area (Å²) in [5, 5.41) is 3.21. The van der Waals surface area contributed by atoms with Crippen molar-refractivity contribution in [3.05, 3.63) is 58.7 Å². The van der Waals surface area contributed by atoms with Gasteiger partial charge in [-0.1, -0.05) is 18.2 Å². The van der Waals surface area contributed by atoms with E-state index in [0.717, 1.165) is 54.9 Å². The van der Waals surface area contributed by atoms with Crippen LogP contribution in [0.4, 0.5) is 0 Å². The van der Waals surface area contributed by atoms with Crippen molar-refractivity contribution in [2.75, 3.05) is 45.9 Å². The van der Waals surface area contributed by atoms with E-state index in [4.69, 9.17) is 9.47 Å². The molecular weight excluding hydrogens is 454 g/mol. The molecule has 3 heterocycles. The Labute approximate surface area is 213 Å². The molecule has 2 amide bonds. The monoisotopic (exact) mass is 491 g/mol. The van der Waals surface area contributed by atoms with Gasteiger partial charge in [-0.3, -0.25) is 9.59 Å². The zero-order valence-corrected chi connectivity index (χ0v) is 21.4. The van der Waals surface area contributed by atoms with Gasteiger partial charge in [-0.2, -0.15) is 0 Å². The number of likely N-dealkylation sites (tertiary alicyclic amines) is 1. The SMILES string of the molecule is CCOc1cc2c(cc1OCC)[C@H]1[C@H](C(=O)NCCCN3CCCC3)c3ccccc3C(=O)N1CC2. The summed E-state index contributed by atoms with van der Waals surface area (Å²) in [7, 11) is 0. The van der Waals surface area contributed by atoms with Crippen LogP contribution in [0.25, 0.3) is 0 Å². The van der Waals surface area contributed by atoms with Crippen LogP contribution in [-0.4, -0.2) is 67.6 Å². The number of ether oxygens (including phenoxy) is 2. The number of hydrogen-bond donors (Lipinski definition) is 1. The van der Waals surface area contributed by atoms with E-state index in [2.05, 4.69) is 10.2 Å². The van der Waals surface area contributed by atoms with Gasteiger partial charge in [0.25, 0.3) is 5.91 Å². The van der Waals surface area contributed by atoms with Crippen LogP contribution in [0.2, 0.25) is 0 Å². The van der Waals surface area contributed by atoms with Crippen LogP contribution in [0.15, 0.2) is 36.4 Å². The molecule has 0 aliphatic carbocycles. The van der Waals surface area contributed by atoms with Crippen molar-refractivity contribution < 1.29 is 19.1 Å². The highest BCUT2D eigenvalue weighted by molar-refractivity contribution is 6.01. The summed E-state index contributed by atoms with van der Waals surface area (Å²) in [6, 6.07) is 11.2. The van der Waals surface area contributed by atoms with Crippen molar-refractivity contribution in [3.63, 3.8) is 0 Å². The maximum Gasteiger partial charge on any atom is 0.254 e. The molecule has 7 heteroatoms. The average molecular weight is 492 g/mol. The second kappa shape index (κ2) is 10.9. The third kappa shape index (κ3) is 4.69. The van der Waals surface area contributed by atoms with Gasteiger partial charge in [0.05, 0.1) is 25.2 Å². The minimum atomic E-state index is -0.475. The highest BCUT2D eigenvalue weighted by Gasteiger charge is 2.46. The molecular formula is C29H37N3O4. The average Bonchev–Trinajstić information content (AvgIpc) is 3.41. The van der Waals surface area contributed by atoms with E-state index in [9.17, 15) is 9.59 Å². The first-order valence-electron chi connectivity index (χ1n) is 13.4. The molecule has 1 saturated heterocycles. The van der Waals surface area contributed by atoms with E-state index < -0.39 is 5.92 Å². The zero-order valence-electron chi connectivity index (χ0n) is 21.4. The Hall–Kier alpha value is -3.06. The van der Waals surface area contributed by atoms with Crippen molar-refractivity contribution in [3.8, 4) is 11.5 Å². The standard InChI is InChI=1S/C29H37N3O4/c1-3-35-24-18-20-12-17-32-27(23(20)19-25(24)36-4-2)26(21-10-5-6-11-22(21)29(32)34)28(33)30-13-9-16-31-14-7-8-15-31/h5-6,10-11,18-19,26-27H,3-4,7-9,12-17H2,1-2H3,(H,30,33)/t26-,27+/m1/s1. The first-order chi connectivity index (χ1) is 17.6. The van der Waals surface area contributed by atoms with Gasteiger partial charge >= 0.3 is 0 Å². The van der Waals surface area contributed by atoms with Gasteiger partial charge in [-0.15, -0.1) is 0 Å². The summed E-state index contributed by atoms with van der Waals surface area (Å²) < 4.78 is 11.8. The van der Waals surface area contributed by atoms with E-state index >= 15 is 0 Å². The molecule has 0 aromatic heterocycles. The predicted molar refractivity (Wildman–Crippen MR) is 139 cm³/mol. The van der Waals surface area contributed by atoms with E-state index in [1.807, 2.05) is 55.1 Å². The molecule has 0 bridgehead atoms. The molecule has 5 rings (SSSR count). The van der Waals surface area contributed by atoms with Gasteiger partial charge in [0.2, 0.25) is 5.91 Å². The van der Waals surface area contributed by atoms with Crippen molar-refractivity contribution in [1.82, 2.24) is 15.1 Å². The highest BCUT2D eigenvalue weighted by atomic mass is 16.5. The summed E-state index contributed by atoms with van der Waals surface area (Å²) in [5.41, 5.74) is 3.53. The van der Waals surface area contributed by atoms with Crippen molar-refractivity contribution in [2.24, 2.45) is 0 Å². The maximum atomic E-state index is 13.8. The normalized spacial score (nSPS) is 20.9. The van der Waals surface area contributed by atoms with E-state index in [-0.39, 0.29) is 17.9 Å². The molecule has 2 atom stereocenters. The molecule has 1 fully saturated rings. The molecule has 0 radical (unpaired) electrons. The maximum absolute atomic E-state index is 13.8. The number of benzene rings is 2. The Morgan fingerprint density at radius 3 is 2.47 bits per heavy atom. The minimum absolute atomic E-state index is 0.00817. The molecule has 36 heavy (non-hydrogen) atoms. The molecule has 0 saturated carbocycles. The Bertz CT molecular complexity index is 1110. The lowest BCUT2D eigenvalue weighted by Crippen LogP contribution is -2.50. The molecule has 2 aromatic rings. The summed E-state index contributed by atoms with van der Waals surface area (Å²) in [6.07, 6.45) is 4.18. The van der Waals surface area contributed by atoms with Crippen LogP contribution in [0, 0.1) is 0 Å². The summed E-state index contributed by atoms with van der Waals surface area (Å²) >= 11 is 0. The number of nitrogens with one attached hydrogen (secondary N) is 1. The fourth-order valence-corrected chi connectivity index (χ4v) is 5.98. The Kier molecular flexibility index (Phi) is 7.46. The topological polar surface area (TPSA) is 71.1 Å². The van der Waals surface area contributed by atoms with Crippen LogP contribution in [0.5, 0.6) is 11.5 Å². The molecule has 0 unspecified atom stereocenters. The number of fused-ring (bicyclic) bond motifs is 4. The number of rotatable bonds is 9. The van der Waals surface area contributed by atoms with Gasteiger partial charge < -0.3 is 24.6 Å². The Balaban J connectivity index is 1.47. The molecule has 7 nitrogen and oxygen atoms in total. The third-order valence-corrected chi connectivity index (χ3v) is 7.62. The number of hydrogen-bond acceptors (Lipinski definition) is 5. The lowest BCUT2D eigenvalue weighted by molar-refractivity contribution is -0.124. The molecule has 3 aliphatic rings. The van der Waals surface area contributed by atoms with Gasteiger partial charge in [0.15, 0.2) is 11.5 Å². The summed E-state index contributed by atoms with van der Waals surface area (Å²) in [6.45, 7) is 9.49. The second-order valence-corrected chi connectivity index (χ2v) is 9.82. The number of carbonyl (C=O) groups excluding carboxylic acids is 2. The lowest BCUT2D eigenvalue weighted by Gasteiger charge is -2.45. The molecule has 1 N–H and O–H groups in total. The molecule has 2 aromatic carbocycles. The molecule has 192 valence electrons. The highest BCUT2D eigenvalue weighted by Crippen LogP contribution is 2.48. The van der Waals surface area contributed by atoms with Crippen LogP contribution in [0.1, 0.15) is 72.1 Å². The summed E-state index contributed by atoms with van der Waals surface area (Å²) in [4.78, 5) is 31.7. The van der Waals surface area contributed by atoms with Crippen LogP contribution >= 0.6 is 0 Å². The fourth-order valence-electron chi connectivity index (χ4n) is 5.98. The quantitative estimate of drug-likeness (QED) is 0.539. The van der Waals surface area contributed by atoms with E-state index in [0.29, 0.717) is 37.6 Å².